The van der Waals surface area contributed by atoms with Gasteiger partial charge >= 0.3 is 6.18 Å². The van der Waals surface area contributed by atoms with Crippen LogP contribution in [0.25, 0.3) is 0 Å². The Hall–Kier alpha value is -1.52. The Morgan fingerprint density at radius 3 is 2.50 bits per heavy atom. The quantitative estimate of drug-likeness (QED) is 0.778. The van der Waals surface area contributed by atoms with Crippen LogP contribution in [0, 0.1) is 5.92 Å². The average Bonchev–Trinajstić information content (AvgIpc) is 2.51. The van der Waals surface area contributed by atoms with Crippen molar-refractivity contribution in [3.63, 3.8) is 0 Å². The molecule has 0 spiro atoms. The Morgan fingerprint density at radius 1 is 1.14 bits per heavy atom. The van der Waals surface area contributed by atoms with Crippen LogP contribution in [0.2, 0.25) is 0 Å². The number of alkyl halides is 3. The molecule has 0 heterocycles. The highest BCUT2D eigenvalue weighted by atomic mass is 19.4. The SMILES string of the molecule is O=C(NCCCC1CCCCC1)c1ccccc1C(F)(F)F. The molecule has 0 bridgehead atoms. The molecule has 1 saturated carbocycles. The van der Waals surface area contributed by atoms with Gasteiger partial charge in [0.2, 0.25) is 0 Å². The van der Waals surface area contributed by atoms with E-state index >= 15 is 0 Å². The van der Waals surface area contributed by atoms with E-state index in [1.54, 1.807) is 0 Å². The molecule has 0 aromatic heterocycles. The molecule has 1 aromatic rings. The molecule has 1 amide bonds. The van der Waals surface area contributed by atoms with E-state index in [0.717, 1.165) is 18.9 Å². The molecule has 1 aliphatic carbocycles. The molecule has 2 rings (SSSR count). The first-order valence-electron chi connectivity index (χ1n) is 7.93. The van der Waals surface area contributed by atoms with E-state index in [-0.39, 0.29) is 5.56 Å². The molecule has 0 atom stereocenters. The lowest BCUT2D eigenvalue weighted by Crippen LogP contribution is -2.27. The van der Waals surface area contributed by atoms with Crippen LogP contribution in [-0.2, 0) is 6.18 Å². The molecule has 5 heteroatoms. The highest BCUT2D eigenvalue weighted by Crippen LogP contribution is 2.31. The van der Waals surface area contributed by atoms with E-state index in [2.05, 4.69) is 5.32 Å². The molecular weight excluding hydrogens is 291 g/mol. The Labute approximate surface area is 129 Å². The molecule has 122 valence electrons. The number of carbonyl (C=O) groups excluding carboxylic acids is 1. The number of benzene rings is 1. The maximum absolute atomic E-state index is 12.9. The minimum absolute atomic E-state index is 0.298. The van der Waals surface area contributed by atoms with Gasteiger partial charge in [-0.25, -0.2) is 0 Å². The van der Waals surface area contributed by atoms with E-state index in [1.165, 1.54) is 50.3 Å². The smallest absolute Gasteiger partial charge is 0.352 e. The van der Waals surface area contributed by atoms with Gasteiger partial charge in [-0.1, -0.05) is 44.2 Å². The van der Waals surface area contributed by atoms with Crippen molar-refractivity contribution in [2.75, 3.05) is 6.54 Å². The van der Waals surface area contributed by atoms with E-state index in [4.69, 9.17) is 0 Å². The highest BCUT2D eigenvalue weighted by Gasteiger charge is 2.34. The summed E-state index contributed by atoms with van der Waals surface area (Å²) in [7, 11) is 0. The molecule has 0 unspecified atom stereocenters. The second-order valence-corrected chi connectivity index (χ2v) is 5.95. The number of rotatable bonds is 5. The molecule has 1 N–H and O–H groups in total. The van der Waals surface area contributed by atoms with Crippen LogP contribution in [0.3, 0.4) is 0 Å². The summed E-state index contributed by atoms with van der Waals surface area (Å²) in [4.78, 5) is 12.0. The predicted molar refractivity (Wildman–Crippen MR) is 79.6 cm³/mol. The minimum atomic E-state index is -4.50. The van der Waals surface area contributed by atoms with Gasteiger partial charge in [-0.3, -0.25) is 4.79 Å². The molecule has 1 aromatic carbocycles. The molecule has 1 fully saturated rings. The van der Waals surface area contributed by atoms with Gasteiger partial charge < -0.3 is 5.32 Å². The van der Waals surface area contributed by atoms with Crippen molar-refractivity contribution in [1.29, 1.82) is 0 Å². The van der Waals surface area contributed by atoms with Crippen LogP contribution >= 0.6 is 0 Å². The number of amides is 1. The maximum Gasteiger partial charge on any atom is 0.417 e. The Bertz CT molecular complexity index is 493. The topological polar surface area (TPSA) is 29.1 Å². The average molecular weight is 313 g/mol. The summed E-state index contributed by atoms with van der Waals surface area (Å²) in [5.74, 6) is 0.0738. The lowest BCUT2D eigenvalue weighted by Gasteiger charge is -2.21. The molecule has 2 nitrogen and oxygen atoms in total. The number of nitrogens with one attached hydrogen (secondary N) is 1. The van der Waals surface area contributed by atoms with Gasteiger partial charge in [0.05, 0.1) is 11.1 Å². The molecule has 0 aliphatic heterocycles. The fourth-order valence-electron chi connectivity index (χ4n) is 3.09. The third-order valence-electron chi connectivity index (χ3n) is 4.28. The molecule has 22 heavy (non-hydrogen) atoms. The van der Waals surface area contributed by atoms with E-state index in [9.17, 15) is 18.0 Å². The monoisotopic (exact) mass is 313 g/mol. The Morgan fingerprint density at radius 2 is 1.82 bits per heavy atom. The molecule has 1 aliphatic rings. The van der Waals surface area contributed by atoms with Gasteiger partial charge in [0, 0.05) is 6.54 Å². The lowest BCUT2D eigenvalue weighted by atomic mass is 9.86. The van der Waals surface area contributed by atoms with Crippen molar-refractivity contribution in [3.05, 3.63) is 35.4 Å². The van der Waals surface area contributed by atoms with Gasteiger partial charge in [0.25, 0.3) is 5.91 Å². The van der Waals surface area contributed by atoms with E-state index in [1.807, 2.05) is 0 Å². The Balaban J connectivity index is 1.82. The summed E-state index contributed by atoms with van der Waals surface area (Å²) in [5, 5.41) is 2.61. The summed E-state index contributed by atoms with van der Waals surface area (Å²) in [5.41, 5.74) is -1.17. The largest absolute Gasteiger partial charge is 0.417 e. The highest BCUT2D eigenvalue weighted by molar-refractivity contribution is 5.95. The number of hydrogen-bond acceptors (Lipinski definition) is 1. The van der Waals surface area contributed by atoms with E-state index in [0.29, 0.717) is 12.5 Å². The molecular formula is C17H22F3NO. The fourth-order valence-corrected chi connectivity index (χ4v) is 3.09. The summed E-state index contributed by atoms with van der Waals surface area (Å²) in [6.07, 6.45) is 3.70. The zero-order valence-corrected chi connectivity index (χ0v) is 12.6. The van der Waals surface area contributed by atoms with Crippen molar-refractivity contribution in [1.82, 2.24) is 5.32 Å². The summed E-state index contributed by atoms with van der Waals surface area (Å²) in [6.45, 7) is 0.432. The third-order valence-corrected chi connectivity index (χ3v) is 4.28. The van der Waals surface area contributed by atoms with Crippen LogP contribution in [0.15, 0.2) is 24.3 Å². The van der Waals surface area contributed by atoms with Gasteiger partial charge in [0.15, 0.2) is 0 Å². The van der Waals surface area contributed by atoms with E-state index < -0.39 is 17.6 Å². The first-order valence-corrected chi connectivity index (χ1v) is 7.93. The number of halogens is 3. The molecule has 0 radical (unpaired) electrons. The second kappa shape index (κ2) is 7.65. The van der Waals surface area contributed by atoms with Crippen LogP contribution in [0.5, 0.6) is 0 Å². The summed E-state index contributed by atoms with van der Waals surface area (Å²) < 4.78 is 38.6. The van der Waals surface area contributed by atoms with Crippen LogP contribution in [-0.4, -0.2) is 12.5 Å². The first-order chi connectivity index (χ1) is 10.5. The van der Waals surface area contributed by atoms with Gasteiger partial charge in [-0.2, -0.15) is 13.2 Å². The molecule has 0 saturated heterocycles. The zero-order valence-electron chi connectivity index (χ0n) is 12.6. The van der Waals surface area contributed by atoms with Crippen molar-refractivity contribution in [2.45, 2.75) is 51.1 Å². The summed E-state index contributed by atoms with van der Waals surface area (Å²) >= 11 is 0. The first kappa shape index (κ1) is 16.8. The van der Waals surface area contributed by atoms with Gasteiger partial charge in [-0.15, -0.1) is 0 Å². The van der Waals surface area contributed by atoms with Crippen LogP contribution < -0.4 is 5.32 Å². The normalized spacial score (nSPS) is 16.5. The second-order valence-electron chi connectivity index (χ2n) is 5.95. The Kier molecular flexibility index (Phi) is 5.86. The zero-order chi connectivity index (χ0) is 16.0. The number of hydrogen-bond donors (Lipinski definition) is 1. The minimum Gasteiger partial charge on any atom is -0.352 e. The van der Waals surface area contributed by atoms with Crippen molar-refractivity contribution >= 4 is 5.91 Å². The van der Waals surface area contributed by atoms with Crippen molar-refractivity contribution in [2.24, 2.45) is 5.92 Å². The van der Waals surface area contributed by atoms with Crippen LogP contribution in [0.4, 0.5) is 13.2 Å². The standard InChI is InChI=1S/C17H22F3NO/c18-17(19,20)15-11-5-4-10-14(15)16(22)21-12-6-9-13-7-2-1-3-8-13/h4-5,10-11,13H,1-3,6-9,12H2,(H,21,22). The summed E-state index contributed by atoms with van der Waals surface area (Å²) in [6, 6.07) is 4.91. The fraction of sp³-hybridized carbons (Fsp3) is 0.588. The van der Waals surface area contributed by atoms with Crippen molar-refractivity contribution < 1.29 is 18.0 Å². The number of carbonyl (C=O) groups is 1. The lowest BCUT2D eigenvalue weighted by molar-refractivity contribution is -0.137. The third kappa shape index (κ3) is 4.75. The van der Waals surface area contributed by atoms with Gasteiger partial charge in [-0.05, 0) is 30.9 Å². The van der Waals surface area contributed by atoms with Crippen molar-refractivity contribution in [3.8, 4) is 0 Å². The van der Waals surface area contributed by atoms with Crippen LogP contribution in [0.1, 0.15) is 60.9 Å². The van der Waals surface area contributed by atoms with Gasteiger partial charge in [0.1, 0.15) is 0 Å². The maximum atomic E-state index is 12.9. The predicted octanol–water partition coefficient (Wildman–Crippen LogP) is 4.80.